The van der Waals surface area contributed by atoms with Gasteiger partial charge in [-0.05, 0) is 60.7 Å². The minimum Gasteiger partial charge on any atom is -0.463 e. The van der Waals surface area contributed by atoms with Gasteiger partial charge in [0.2, 0.25) is 5.13 Å². The Morgan fingerprint density at radius 2 is 1.85 bits per heavy atom. The number of amides is 1. The number of fused-ring (bicyclic) bond motifs is 1. The molecule has 0 spiro atoms. The average molecular weight is 457 g/mol. The van der Waals surface area contributed by atoms with E-state index in [0.717, 1.165) is 11.3 Å². The van der Waals surface area contributed by atoms with Gasteiger partial charge in [0.05, 0.1) is 22.7 Å². The highest BCUT2D eigenvalue weighted by Crippen LogP contribution is 2.31. The van der Waals surface area contributed by atoms with Crippen LogP contribution in [0.2, 0.25) is 0 Å². The molecular weight excluding hydrogens is 441 g/mol. The third-order valence-corrected chi connectivity index (χ3v) is 5.61. The summed E-state index contributed by atoms with van der Waals surface area (Å²) in [6, 6.07) is 23.8. The molecule has 0 fully saturated rings. The number of furan rings is 1. The van der Waals surface area contributed by atoms with Gasteiger partial charge in [-0.3, -0.25) is 4.79 Å². The third-order valence-electron chi connectivity index (χ3n) is 4.62. The summed E-state index contributed by atoms with van der Waals surface area (Å²) in [5.74, 6) is 0.841. The Bertz CT molecular complexity index is 1430. The summed E-state index contributed by atoms with van der Waals surface area (Å²) >= 11 is 1.16. The Kier molecular flexibility index (Phi) is 5.65. The highest BCUT2D eigenvalue weighted by molar-refractivity contribution is 7.22. The van der Waals surface area contributed by atoms with Crippen LogP contribution < -0.4 is 9.75 Å². The first kappa shape index (κ1) is 20.6. The standard InChI is InChI=1S/C25H16FN3O3S/c26-18-11-12-22-23(15-18)33-25(28-22)29(27-16-21-10-5-13-31-21)24(30)17-6-4-9-20(14-17)32-19-7-2-1-3-8-19/h1-16H/b27-16+. The van der Waals surface area contributed by atoms with Crippen LogP contribution in [0.3, 0.4) is 0 Å². The number of halogens is 1. The average Bonchev–Trinajstić information content (AvgIpc) is 3.49. The molecule has 0 bridgehead atoms. The van der Waals surface area contributed by atoms with E-state index in [1.165, 1.54) is 29.6 Å². The van der Waals surface area contributed by atoms with Crippen molar-refractivity contribution in [3.63, 3.8) is 0 Å². The van der Waals surface area contributed by atoms with Crippen LogP contribution in [-0.4, -0.2) is 17.1 Å². The zero-order valence-corrected chi connectivity index (χ0v) is 17.9. The van der Waals surface area contributed by atoms with Crippen LogP contribution in [0.15, 0.2) is 101 Å². The van der Waals surface area contributed by atoms with E-state index in [1.807, 2.05) is 30.3 Å². The van der Waals surface area contributed by atoms with Crippen LogP contribution in [0.1, 0.15) is 16.1 Å². The van der Waals surface area contributed by atoms with Crippen molar-refractivity contribution < 1.29 is 18.3 Å². The van der Waals surface area contributed by atoms with E-state index < -0.39 is 5.91 Å². The number of thiazole rings is 1. The summed E-state index contributed by atoms with van der Waals surface area (Å²) in [5.41, 5.74) is 0.925. The van der Waals surface area contributed by atoms with Crippen molar-refractivity contribution in [1.82, 2.24) is 4.98 Å². The minimum absolute atomic E-state index is 0.304. The predicted octanol–water partition coefficient (Wildman–Crippen LogP) is 6.50. The summed E-state index contributed by atoms with van der Waals surface area (Å²) in [6.07, 6.45) is 2.94. The fourth-order valence-corrected chi connectivity index (χ4v) is 4.03. The lowest BCUT2D eigenvalue weighted by atomic mass is 10.2. The number of hydrogen-bond donors (Lipinski definition) is 0. The lowest BCUT2D eigenvalue weighted by Crippen LogP contribution is -2.25. The number of aromatic nitrogens is 1. The van der Waals surface area contributed by atoms with Crippen LogP contribution in [0.5, 0.6) is 11.5 Å². The van der Waals surface area contributed by atoms with Crippen LogP contribution >= 0.6 is 11.3 Å². The normalized spacial score (nSPS) is 11.2. The molecule has 6 nitrogen and oxygen atoms in total. The SMILES string of the molecule is O=C(c1cccc(Oc2ccccc2)c1)N(/N=C/c1ccco1)c1nc2ccc(F)cc2s1. The number of carbonyl (C=O) groups excluding carboxylic acids is 1. The molecular formula is C25H16FN3O3S. The molecule has 0 aliphatic rings. The largest absolute Gasteiger partial charge is 0.463 e. The van der Waals surface area contributed by atoms with Crippen molar-refractivity contribution in [2.75, 3.05) is 5.01 Å². The molecule has 1 amide bonds. The van der Waals surface area contributed by atoms with Crippen LogP contribution in [0, 0.1) is 5.82 Å². The van der Waals surface area contributed by atoms with E-state index in [1.54, 1.807) is 42.5 Å². The first-order chi connectivity index (χ1) is 16.2. The van der Waals surface area contributed by atoms with E-state index in [0.29, 0.717) is 38.2 Å². The maximum atomic E-state index is 13.7. The Balaban J connectivity index is 1.50. The van der Waals surface area contributed by atoms with Gasteiger partial charge in [-0.2, -0.15) is 10.1 Å². The van der Waals surface area contributed by atoms with Crippen molar-refractivity contribution in [2.45, 2.75) is 0 Å². The van der Waals surface area contributed by atoms with Crippen molar-refractivity contribution in [3.05, 3.63) is 108 Å². The number of benzene rings is 3. The molecule has 0 radical (unpaired) electrons. The molecule has 2 heterocycles. The van der Waals surface area contributed by atoms with Crippen LogP contribution in [0.25, 0.3) is 10.2 Å². The maximum absolute atomic E-state index is 13.7. The summed E-state index contributed by atoms with van der Waals surface area (Å²) in [4.78, 5) is 17.9. The number of rotatable bonds is 6. The molecule has 8 heteroatoms. The highest BCUT2D eigenvalue weighted by Gasteiger charge is 2.22. The van der Waals surface area contributed by atoms with E-state index in [2.05, 4.69) is 10.1 Å². The molecule has 5 aromatic rings. The molecule has 0 aliphatic carbocycles. The van der Waals surface area contributed by atoms with Crippen molar-refractivity contribution in [1.29, 1.82) is 0 Å². The Morgan fingerprint density at radius 1 is 1.00 bits per heavy atom. The van der Waals surface area contributed by atoms with Gasteiger partial charge in [0.1, 0.15) is 23.1 Å². The van der Waals surface area contributed by atoms with Crippen molar-refractivity contribution in [3.8, 4) is 11.5 Å². The zero-order chi connectivity index (χ0) is 22.6. The number of ether oxygens (including phenoxy) is 1. The topological polar surface area (TPSA) is 67.9 Å². The summed E-state index contributed by atoms with van der Waals surface area (Å²) < 4.78 is 25.4. The molecule has 162 valence electrons. The summed E-state index contributed by atoms with van der Waals surface area (Å²) in [7, 11) is 0. The molecule has 0 unspecified atom stereocenters. The first-order valence-electron chi connectivity index (χ1n) is 9.97. The van der Waals surface area contributed by atoms with Gasteiger partial charge in [0.25, 0.3) is 5.91 Å². The van der Waals surface area contributed by atoms with Gasteiger partial charge in [0, 0.05) is 5.56 Å². The fraction of sp³-hybridized carbons (Fsp3) is 0. The lowest BCUT2D eigenvalue weighted by molar-refractivity contribution is 0.0987. The molecule has 0 aliphatic heterocycles. The lowest BCUT2D eigenvalue weighted by Gasteiger charge is -2.14. The van der Waals surface area contributed by atoms with Crippen molar-refractivity contribution in [2.24, 2.45) is 5.10 Å². The Hall–Kier alpha value is -4.30. The monoisotopic (exact) mass is 457 g/mol. The van der Waals surface area contributed by atoms with Gasteiger partial charge < -0.3 is 9.15 Å². The second-order valence-corrected chi connectivity index (χ2v) is 7.94. The number of para-hydroxylation sites is 1. The smallest absolute Gasteiger partial charge is 0.280 e. The third kappa shape index (κ3) is 4.65. The zero-order valence-electron chi connectivity index (χ0n) is 17.1. The Morgan fingerprint density at radius 3 is 2.67 bits per heavy atom. The number of anilines is 1. The predicted molar refractivity (Wildman–Crippen MR) is 126 cm³/mol. The van der Waals surface area contributed by atoms with Crippen LogP contribution in [-0.2, 0) is 0 Å². The first-order valence-corrected chi connectivity index (χ1v) is 10.8. The number of carbonyl (C=O) groups is 1. The second-order valence-electron chi connectivity index (χ2n) is 6.93. The highest BCUT2D eigenvalue weighted by atomic mass is 32.1. The molecule has 2 aromatic heterocycles. The molecule has 0 atom stereocenters. The molecule has 33 heavy (non-hydrogen) atoms. The van der Waals surface area contributed by atoms with Crippen molar-refractivity contribution >= 4 is 38.8 Å². The van der Waals surface area contributed by atoms with E-state index in [-0.39, 0.29) is 5.82 Å². The fourth-order valence-electron chi connectivity index (χ4n) is 3.08. The van der Waals surface area contributed by atoms with Gasteiger partial charge in [-0.25, -0.2) is 9.37 Å². The minimum atomic E-state index is -0.421. The molecule has 0 saturated carbocycles. The molecule has 0 saturated heterocycles. The maximum Gasteiger partial charge on any atom is 0.280 e. The quantitative estimate of drug-likeness (QED) is 0.216. The van der Waals surface area contributed by atoms with Gasteiger partial charge in [-0.1, -0.05) is 35.6 Å². The van der Waals surface area contributed by atoms with Gasteiger partial charge in [0.15, 0.2) is 0 Å². The Labute approximate surface area is 192 Å². The second kappa shape index (κ2) is 9.05. The van der Waals surface area contributed by atoms with E-state index in [4.69, 9.17) is 9.15 Å². The molecule has 0 N–H and O–H groups in total. The molecule has 5 rings (SSSR count). The molecule has 3 aromatic carbocycles. The van der Waals surface area contributed by atoms with E-state index in [9.17, 15) is 9.18 Å². The number of hydrogen-bond acceptors (Lipinski definition) is 6. The van der Waals surface area contributed by atoms with Gasteiger partial charge >= 0.3 is 0 Å². The number of hydrazone groups is 1. The van der Waals surface area contributed by atoms with Crippen LogP contribution in [0.4, 0.5) is 9.52 Å². The number of nitrogens with zero attached hydrogens (tertiary/aromatic N) is 3. The van der Waals surface area contributed by atoms with Gasteiger partial charge in [-0.15, -0.1) is 0 Å². The summed E-state index contributed by atoms with van der Waals surface area (Å²) in [5, 5.41) is 5.80. The van der Waals surface area contributed by atoms with E-state index >= 15 is 0 Å². The summed E-state index contributed by atoms with van der Waals surface area (Å²) in [6.45, 7) is 0.